The molecule has 9 nitrogen and oxygen atoms in total. The molecule has 11 heteroatoms. The number of nitro groups is 1. The summed E-state index contributed by atoms with van der Waals surface area (Å²) in [4.78, 5) is 35.4. The Balaban J connectivity index is 1.76. The van der Waals surface area contributed by atoms with Crippen LogP contribution in [0.1, 0.15) is 23.0 Å². The number of esters is 1. The number of aryl methyl sites for hydroxylation is 1. The number of rotatable bonds is 6. The highest BCUT2D eigenvalue weighted by Gasteiger charge is 2.27. The topological polar surface area (TPSA) is 116 Å². The van der Waals surface area contributed by atoms with Crippen LogP contribution in [0.3, 0.4) is 0 Å². The number of aromatic nitrogens is 2. The van der Waals surface area contributed by atoms with Gasteiger partial charge < -0.3 is 10.1 Å². The van der Waals surface area contributed by atoms with Gasteiger partial charge in [0.1, 0.15) is 22.2 Å². The first-order valence-corrected chi connectivity index (χ1v) is 9.33. The summed E-state index contributed by atoms with van der Waals surface area (Å²) in [7, 11) is 0. The van der Waals surface area contributed by atoms with Crippen molar-refractivity contribution in [1.82, 2.24) is 9.78 Å². The second-order valence-corrected chi connectivity index (χ2v) is 6.81. The van der Waals surface area contributed by atoms with Gasteiger partial charge in [0, 0.05) is 6.07 Å². The van der Waals surface area contributed by atoms with Crippen LogP contribution < -0.4 is 5.32 Å². The minimum atomic E-state index is -1.28. The lowest BCUT2D eigenvalue weighted by atomic mass is 10.2. The number of nitro benzene ring substituents is 1. The molecule has 31 heavy (non-hydrogen) atoms. The molecule has 1 heterocycles. The van der Waals surface area contributed by atoms with Crippen LogP contribution in [0.2, 0.25) is 5.15 Å². The van der Waals surface area contributed by atoms with Gasteiger partial charge in [0.2, 0.25) is 0 Å². The molecule has 2 aromatic carbocycles. The molecule has 1 N–H and O–H groups in total. The van der Waals surface area contributed by atoms with Crippen molar-refractivity contribution in [3.05, 3.63) is 80.9 Å². The van der Waals surface area contributed by atoms with Crippen LogP contribution in [-0.4, -0.2) is 32.7 Å². The summed E-state index contributed by atoms with van der Waals surface area (Å²) in [5, 5.41) is 17.5. The summed E-state index contributed by atoms with van der Waals surface area (Å²) >= 11 is 6.28. The molecule has 160 valence electrons. The minimum Gasteiger partial charge on any atom is -0.449 e. The molecule has 1 atom stereocenters. The van der Waals surface area contributed by atoms with E-state index in [0.717, 1.165) is 0 Å². The highest BCUT2D eigenvalue weighted by atomic mass is 35.5. The van der Waals surface area contributed by atoms with Crippen molar-refractivity contribution < 1.29 is 23.6 Å². The number of para-hydroxylation sites is 2. The monoisotopic (exact) mass is 446 g/mol. The van der Waals surface area contributed by atoms with E-state index in [-0.39, 0.29) is 27.8 Å². The van der Waals surface area contributed by atoms with E-state index in [2.05, 4.69) is 10.4 Å². The quantitative estimate of drug-likeness (QED) is 0.346. The lowest BCUT2D eigenvalue weighted by Gasteiger charge is -2.13. The number of nitrogens with zero attached hydrogens (tertiary/aromatic N) is 3. The largest absolute Gasteiger partial charge is 0.449 e. The number of amides is 1. The Morgan fingerprint density at radius 2 is 1.87 bits per heavy atom. The number of ether oxygens (including phenoxy) is 1. The van der Waals surface area contributed by atoms with E-state index in [1.165, 1.54) is 67.1 Å². The van der Waals surface area contributed by atoms with Gasteiger partial charge in [0.15, 0.2) is 6.10 Å². The van der Waals surface area contributed by atoms with Gasteiger partial charge in [0.05, 0.1) is 16.3 Å². The zero-order chi connectivity index (χ0) is 22.7. The fraction of sp³-hybridized carbons (Fsp3) is 0.150. The van der Waals surface area contributed by atoms with Crippen LogP contribution in [0.4, 0.5) is 15.8 Å². The Hall–Kier alpha value is -3.79. The lowest BCUT2D eigenvalue weighted by Crippen LogP contribution is -2.30. The molecule has 1 unspecified atom stereocenters. The van der Waals surface area contributed by atoms with Gasteiger partial charge in [-0.15, -0.1) is 0 Å². The van der Waals surface area contributed by atoms with Gasteiger partial charge in [-0.2, -0.15) is 5.10 Å². The minimum absolute atomic E-state index is 0.0289. The van der Waals surface area contributed by atoms with Gasteiger partial charge in [0.25, 0.3) is 11.6 Å². The number of nitrogens with one attached hydrogen (secondary N) is 1. The maximum atomic E-state index is 13.1. The third-order valence-electron chi connectivity index (χ3n) is 4.29. The number of hydrogen-bond acceptors (Lipinski definition) is 6. The SMILES string of the molecule is Cc1nn(-c2ccc(F)cc2)c(Cl)c1C(=O)OC(C)C(=O)Nc1ccccc1[N+](=O)[O-]. The average molecular weight is 447 g/mol. The average Bonchev–Trinajstić information content (AvgIpc) is 3.02. The summed E-state index contributed by atoms with van der Waals surface area (Å²) < 4.78 is 19.6. The second kappa shape index (κ2) is 8.92. The Bertz CT molecular complexity index is 1160. The fourth-order valence-electron chi connectivity index (χ4n) is 2.73. The summed E-state index contributed by atoms with van der Waals surface area (Å²) in [6.45, 7) is 2.84. The molecular weight excluding hydrogens is 431 g/mol. The Kier molecular flexibility index (Phi) is 6.30. The van der Waals surface area contributed by atoms with Crippen molar-refractivity contribution in [2.24, 2.45) is 0 Å². The predicted octanol–water partition coefficient (Wildman–Crippen LogP) is 4.07. The number of carbonyl (C=O) groups excluding carboxylic acids is 2. The molecule has 0 aliphatic heterocycles. The smallest absolute Gasteiger partial charge is 0.344 e. The van der Waals surface area contributed by atoms with E-state index in [0.29, 0.717) is 5.69 Å². The molecule has 0 radical (unpaired) electrons. The Morgan fingerprint density at radius 1 is 1.23 bits per heavy atom. The summed E-state index contributed by atoms with van der Waals surface area (Å²) in [6.07, 6.45) is -1.28. The normalized spacial score (nSPS) is 11.6. The molecule has 3 aromatic rings. The number of carbonyl (C=O) groups is 2. The van der Waals surface area contributed by atoms with Crippen LogP contribution >= 0.6 is 11.6 Å². The van der Waals surface area contributed by atoms with E-state index in [9.17, 15) is 24.1 Å². The van der Waals surface area contributed by atoms with E-state index in [1.54, 1.807) is 0 Å². The molecule has 0 saturated heterocycles. The van der Waals surface area contributed by atoms with Crippen LogP contribution in [0.25, 0.3) is 5.69 Å². The molecule has 0 saturated carbocycles. The number of hydrogen-bond donors (Lipinski definition) is 1. The molecule has 0 spiro atoms. The molecule has 3 rings (SSSR count). The first kappa shape index (κ1) is 21.9. The van der Waals surface area contributed by atoms with Crippen LogP contribution in [0.5, 0.6) is 0 Å². The predicted molar refractivity (Wildman–Crippen MR) is 110 cm³/mol. The first-order chi connectivity index (χ1) is 14.7. The third kappa shape index (κ3) is 4.69. The zero-order valence-corrected chi connectivity index (χ0v) is 17.1. The highest BCUT2D eigenvalue weighted by molar-refractivity contribution is 6.33. The molecule has 1 aromatic heterocycles. The first-order valence-electron chi connectivity index (χ1n) is 8.95. The van der Waals surface area contributed by atoms with Gasteiger partial charge in [-0.25, -0.2) is 13.9 Å². The van der Waals surface area contributed by atoms with Crippen molar-refractivity contribution in [3.63, 3.8) is 0 Å². The molecule has 0 aliphatic rings. The standard InChI is InChI=1S/C20H16ClFN4O5/c1-11-17(18(21)25(24-11)14-9-7-13(22)8-10-14)20(28)31-12(2)19(27)23-15-5-3-4-6-16(15)26(29)30/h3-10,12H,1-2H3,(H,23,27). The van der Waals surface area contributed by atoms with E-state index in [4.69, 9.17) is 16.3 Å². The van der Waals surface area contributed by atoms with Crippen molar-refractivity contribution in [2.45, 2.75) is 20.0 Å². The van der Waals surface area contributed by atoms with Crippen LogP contribution in [-0.2, 0) is 9.53 Å². The van der Waals surface area contributed by atoms with Gasteiger partial charge >= 0.3 is 5.97 Å². The summed E-state index contributed by atoms with van der Waals surface area (Å²) in [5.74, 6) is -2.11. The lowest BCUT2D eigenvalue weighted by molar-refractivity contribution is -0.383. The van der Waals surface area contributed by atoms with Crippen molar-refractivity contribution in [3.8, 4) is 5.69 Å². The summed E-state index contributed by atoms with van der Waals surface area (Å²) in [6, 6.07) is 10.9. The number of anilines is 1. The van der Waals surface area contributed by atoms with Gasteiger partial charge in [-0.3, -0.25) is 14.9 Å². The van der Waals surface area contributed by atoms with E-state index < -0.39 is 28.7 Å². The van der Waals surface area contributed by atoms with Crippen molar-refractivity contribution in [2.75, 3.05) is 5.32 Å². The van der Waals surface area contributed by atoms with Crippen molar-refractivity contribution >= 4 is 34.9 Å². The van der Waals surface area contributed by atoms with Gasteiger partial charge in [-0.1, -0.05) is 23.7 Å². The van der Waals surface area contributed by atoms with E-state index in [1.807, 2.05) is 0 Å². The Morgan fingerprint density at radius 3 is 2.52 bits per heavy atom. The molecule has 1 amide bonds. The third-order valence-corrected chi connectivity index (χ3v) is 4.64. The van der Waals surface area contributed by atoms with Crippen molar-refractivity contribution in [1.29, 1.82) is 0 Å². The summed E-state index contributed by atoms with van der Waals surface area (Å²) in [5.41, 5.74) is 0.283. The maximum Gasteiger partial charge on any atom is 0.344 e. The highest BCUT2D eigenvalue weighted by Crippen LogP contribution is 2.26. The van der Waals surface area contributed by atoms with Gasteiger partial charge in [-0.05, 0) is 44.2 Å². The second-order valence-electron chi connectivity index (χ2n) is 6.45. The maximum absolute atomic E-state index is 13.1. The molecule has 0 bridgehead atoms. The fourth-order valence-corrected chi connectivity index (χ4v) is 3.08. The molecule has 0 fully saturated rings. The zero-order valence-electron chi connectivity index (χ0n) is 16.3. The van der Waals surface area contributed by atoms with Crippen LogP contribution in [0, 0.1) is 22.9 Å². The number of benzene rings is 2. The van der Waals surface area contributed by atoms with E-state index >= 15 is 0 Å². The molecular formula is C20H16ClFN4O5. The Labute approximate surface area is 180 Å². The van der Waals surface area contributed by atoms with Crippen LogP contribution in [0.15, 0.2) is 48.5 Å². The number of halogens is 2. The molecule has 0 aliphatic carbocycles.